The molecule has 7 rings (SSSR count). The molecule has 1 atom stereocenters. The van der Waals surface area contributed by atoms with Gasteiger partial charge < -0.3 is 20.1 Å². The first kappa shape index (κ1) is 21.8. The summed E-state index contributed by atoms with van der Waals surface area (Å²) in [4.78, 5) is 32.8. The van der Waals surface area contributed by atoms with Gasteiger partial charge in [-0.05, 0) is 106 Å². The molecule has 1 saturated heterocycles. The van der Waals surface area contributed by atoms with E-state index in [0.29, 0.717) is 16.8 Å². The molecule has 2 aromatic rings. The van der Waals surface area contributed by atoms with Crippen LogP contribution in [0.5, 0.6) is 0 Å². The van der Waals surface area contributed by atoms with Crippen molar-refractivity contribution in [2.45, 2.75) is 70.3 Å². The Bertz CT molecular complexity index is 1070. The van der Waals surface area contributed by atoms with Gasteiger partial charge in [-0.15, -0.1) is 0 Å². The second kappa shape index (κ2) is 8.52. The molecular formula is C27H33N3O4. The van der Waals surface area contributed by atoms with Crippen molar-refractivity contribution in [3.05, 3.63) is 47.0 Å². The molecule has 5 aliphatic rings. The lowest BCUT2D eigenvalue weighted by atomic mass is 9.48. The Morgan fingerprint density at radius 1 is 1.15 bits per heavy atom. The number of rotatable bonds is 7. The molecule has 1 aliphatic heterocycles. The van der Waals surface area contributed by atoms with Gasteiger partial charge in [-0.25, -0.2) is 9.78 Å². The number of benzene rings is 1. The summed E-state index contributed by atoms with van der Waals surface area (Å²) in [5, 5.41) is 12.1. The van der Waals surface area contributed by atoms with Crippen molar-refractivity contribution < 1.29 is 19.4 Å². The number of aromatic nitrogens is 2. The summed E-state index contributed by atoms with van der Waals surface area (Å²) in [6.07, 6.45) is 12.0. The molecule has 4 aliphatic carbocycles. The van der Waals surface area contributed by atoms with E-state index < -0.39 is 5.97 Å². The number of carbonyl (C=O) groups excluding carboxylic acids is 1. The summed E-state index contributed by atoms with van der Waals surface area (Å²) in [6, 6.07) is 6.32. The SMILES string of the molecule is O=C(O)c1cccc(NC(=O)c2nc(C3CCCO3)[nH]c2CCC23CC4CC(CC(C4)C2)C3)c1. The number of hydrogen-bond acceptors (Lipinski definition) is 4. The Labute approximate surface area is 199 Å². The molecule has 5 fully saturated rings. The van der Waals surface area contributed by atoms with E-state index in [1.807, 2.05) is 0 Å². The van der Waals surface area contributed by atoms with E-state index in [-0.39, 0.29) is 17.6 Å². The van der Waals surface area contributed by atoms with Crippen LogP contribution in [0, 0.1) is 23.2 Å². The van der Waals surface area contributed by atoms with Crippen molar-refractivity contribution in [3.63, 3.8) is 0 Å². The maximum absolute atomic E-state index is 13.3. The number of nitrogens with one attached hydrogen (secondary N) is 2. The molecule has 2 heterocycles. The van der Waals surface area contributed by atoms with Crippen LogP contribution in [-0.2, 0) is 11.2 Å². The minimum Gasteiger partial charge on any atom is -0.478 e. The Hall–Kier alpha value is -2.67. The van der Waals surface area contributed by atoms with Crippen LogP contribution in [0.15, 0.2) is 24.3 Å². The molecule has 34 heavy (non-hydrogen) atoms. The van der Waals surface area contributed by atoms with Gasteiger partial charge in [-0.1, -0.05) is 6.07 Å². The third-order valence-electron chi connectivity index (χ3n) is 8.68. The number of carboxylic acids is 1. The minimum atomic E-state index is -1.02. The number of aromatic amines is 1. The Balaban J connectivity index is 1.23. The first-order chi connectivity index (χ1) is 16.5. The van der Waals surface area contributed by atoms with Crippen LogP contribution >= 0.6 is 0 Å². The van der Waals surface area contributed by atoms with Gasteiger partial charge in [-0.2, -0.15) is 0 Å². The average Bonchev–Trinajstić information content (AvgIpc) is 3.47. The van der Waals surface area contributed by atoms with Crippen LogP contribution in [0.1, 0.15) is 96.3 Å². The molecule has 1 aromatic carbocycles. The zero-order chi connectivity index (χ0) is 23.3. The molecule has 1 aromatic heterocycles. The first-order valence-corrected chi connectivity index (χ1v) is 12.8. The van der Waals surface area contributed by atoms with Gasteiger partial charge in [0.1, 0.15) is 17.6 Å². The fourth-order valence-corrected chi connectivity index (χ4v) is 7.65. The quantitative estimate of drug-likeness (QED) is 0.513. The fraction of sp³-hybridized carbons (Fsp3) is 0.593. The van der Waals surface area contributed by atoms with Crippen molar-refractivity contribution in [2.24, 2.45) is 23.2 Å². The molecule has 0 radical (unpaired) electrons. The number of carboxylic acid groups (broad SMARTS) is 1. The topological polar surface area (TPSA) is 104 Å². The molecule has 0 spiro atoms. The molecule has 180 valence electrons. The summed E-state index contributed by atoms with van der Waals surface area (Å²) < 4.78 is 5.84. The van der Waals surface area contributed by atoms with Gasteiger partial charge in [0, 0.05) is 18.0 Å². The van der Waals surface area contributed by atoms with Gasteiger partial charge in [0.2, 0.25) is 0 Å². The van der Waals surface area contributed by atoms with Crippen LogP contribution in [0.4, 0.5) is 5.69 Å². The molecule has 4 bridgehead atoms. The lowest BCUT2D eigenvalue weighted by Crippen LogP contribution is -2.46. The molecule has 7 nitrogen and oxygen atoms in total. The summed E-state index contributed by atoms with van der Waals surface area (Å²) in [5.41, 5.74) is 2.32. The van der Waals surface area contributed by atoms with E-state index in [9.17, 15) is 14.7 Å². The number of hydrogen-bond donors (Lipinski definition) is 3. The lowest BCUT2D eigenvalue weighted by Gasteiger charge is -2.57. The smallest absolute Gasteiger partial charge is 0.335 e. The van der Waals surface area contributed by atoms with Crippen LogP contribution in [-0.4, -0.2) is 33.6 Å². The van der Waals surface area contributed by atoms with Crippen molar-refractivity contribution in [2.75, 3.05) is 11.9 Å². The molecule has 4 saturated carbocycles. The van der Waals surface area contributed by atoms with E-state index in [2.05, 4.69) is 10.3 Å². The van der Waals surface area contributed by atoms with Crippen LogP contribution < -0.4 is 5.32 Å². The summed E-state index contributed by atoms with van der Waals surface area (Å²) in [7, 11) is 0. The number of amides is 1. The third kappa shape index (κ3) is 4.15. The first-order valence-electron chi connectivity index (χ1n) is 12.8. The number of carbonyl (C=O) groups is 2. The van der Waals surface area contributed by atoms with Crippen LogP contribution in [0.3, 0.4) is 0 Å². The van der Waals surface area contributed by atoms with E-state index in [1.54, 1.807) is 12.1 Å². The minimum absolute atomic E-state index is 0.0878. The van der Waals surface area contributed by atoms with Gasteiger partial charge >= 0.3 is 5.97 Å². The Kier molecular flexibility index (Phi) is 5.47. The van der Waals surface area contributed by atoms with Gasteiger partial charge in [0.15, 0.2) is 0 Å². The summed E-state index contributed by atoms with van der Waals surface area (Å²) in [5.74, 6) is 2.12. The third-order valence-corrected chi connectivity index (χ3v) is 8.68. The summed E-state index contributed by atoms with van der Waals surface area (Å²) in [6.45, 7) is 0.720. The number of aromatic carboxylic acids is 1. The zero-order valence-electron chi connectivity index (χ0n) is 19.5. The van der Waals surface area contributed by atoms with Crippen molar-refractivity contribution in [1.29, 1.82) is 0 Å². The van der Waals surface area contributed by atoms with Crippen LogP contribution in [0.25, 0.3) is 0 Å². The maximum atomic E-state index is 13.3. The monoisotopic (exact) mass is 463 g/mol. The number of anilines is 1. The molecular weight excluding hydrogens is 430 g/mol. The van der Waals surface area contributed by atoms with E-state index in [1.165, 1.54) is 50.7 Å². The normalized spacial score (nSPS) is 31.6. The van der Waals surface area contributed by atoms with E-state index in [0.717, 1.165) is 61.6 Å². The Morgan fingerprint density at radius 2 is 1.88 bits per heavy atom. The van der Waals surface area contributed by atoms with Gasteiger partial charge in [0.05, 0.1) is 5.56 Å². The van der Waals surface area contributed by atoms with Crippen LogP contribution in [0.2, 0.25) is 0 Å². The van der Waals surface area contributed by atoms with E-state index >= 15 is 0 Å². The van der Waals surface area contributed by atoms with E-state index in [4.69, 9.17) is 9.72 Å². The molecule has 7 heteroatoms. The predicted molar refractivity (Wildman–Crippen MR) is 127 cm³/mol. The largest absolute Gasteiger partial charge is 0.478 e. The average molecular weight is 464 g/mol. The highest BCUT2D eigenvalue weighted by molar-refractivity contribution is 6.04. The number of nitrogens with zero attached hydrogens (tertiary/aromatic N) is 1. The highest BCUT2D eigenvalue weighted by Crippen LogP contribution is 2.61. The predicted octanol–water partition coefficient (Wildman–Crippen LogP) is 5.36. The highest BCUT2D eigenvalue weighted by atomic mass is 16.5. The molecule has 1 unspecified atom stereocenters. The highest BCUT2D eigenvalue weighted by Gasteiger charge is 2.50. The lowest BCUT2D eigenvalue weighted by molar-refractivity contribution is -0.0570. The van der Waals surface area contributed by atoms with Crippen molar-refractivity contribution in [3.8, 4) is 0 Å². The number of imidazole rings is 1. The second-order valence-electron chi connectivity index (χ2n) is 11.2. The molecule has 3 N–H and O–H groups in total. The zero-order valence-corrected chi connectivity index (χ0v) is 19.5. The standard InChI is InChI=1S/C27H33N3O4/c31-25(28-20-4-1-3-19(12-20)26(32)33)23-21(29-24(30-23)22-5-2-8-34-22)6-7-27-13-16-9-17(14-27)11-18(10-16)15-27/h1,3-4,12,16-18,22H,2,5-11,13-15H2,(H,28,31)(H,29,30)(H,32,33). The summed E-state index contributed by atoms with van der Waals surface area (Å²) >= 11 is 0. The molecule has 1 amide bonds. The second-order valence-corrected chi connectivity index (χ2v) is 11.2. The van der Waals surface area contributed by atoms with Crippen molar-refractivity contribution in [1.82, 2.24) is 9.97 Å². The Morgan fingerprint density at radius 3 is 2.53 bits per heavy atom. The van der Waals surface area contributed by atoms with Crippen molar-refractivity contribution >= 4 is 17.6 Å². The number of aryl methyl sites for hydroxylation is 1. The van der Waals surface area contributed by atoms with Gasteiger partial charge in [-0.3, -0.25) is 4.79 Å². The number of H-pyrrole nitrogens is 1. The van der Waals surface area contributed by atoms with Gasteiger partial charge in [0.25, 0.3) is 5.91 Å². The number of ether oxygens (including phenoxy) is 1. The fourth-order valence-electron chi connectivity index (χ4n) is 7.65. The maximum Gasteiger partial charge on any atom is 0.335 e.